The minimum absolute atomic E-state index is 0.265. The van der Waals surface area contributed by atoms with Crippen LogP contribution in [0.5, 0.6) is 5.75 Å². The Morgan fingerprint density at radius 1 is 1.45 bits per heavy atom. The van der Waals surface area contributed by atoms with Gasteiger partial charge in [-0.1, -0.05) is 6.07 Å². The Labute approximate surface area is 117 Å². The molecule has 5 heteroatoms. The van der Waals surface area contributed by atoms with Gasteiger partial charge in [-0.25, -0.2) is 4.79 Å². The zero-order valence-electron chi connectivity index (χ0n) is 11.8. The van der Waals surface area contributed by atoms with E-state index in [0.717, 1.165) is 16.7 Å². The molecule has 0 fully saturated rings. The lowest BCUT2D eigenvalue weighted by molar-refractivity contribution is -0.146. The van der Waals surface area contributed by atoms with Crippen LogP contribution in [0, 0.1) is 6.92 Å². The molecular weight excluding hydrogens is 256 g/mol. The predicted molar refractivity (Wildman–Crippen MR) is 75.4 cm³/mol. The second-order valence-electron chi connectivity index (χ2n) is 4.64. The van der Waals surface area contributed by atoms with Crippen molar-refractivity contribution in [3.8, 4) is 16.9 Å². The number of aromatic nitrogens is 2. The van der Waals surface area contributed by atoms with Crippen LogP contribution >= 0.6 is 0 Å². The van der Waals surface area contributed by atoms with E-state index in [4.69, 9.17) is 4.74 Å². The van der Waals surface area contributed by atoms with Crippen LogP contribution in [0.15, 0.2) is 30.6 Å². The standard InChI is InChI=1S/C15H18N2O3/c1-4-20-15(19)11(3)17-9-13(8-16-17)12-5-6-14(18)10(2)7-12/h5-9,11,18H,4H2,1-3H3. The summed E-state index contributed by atoms with van der Waals surface area (Å²) in [6.07, 6.45) is 3.49. The van der Waals surface area contributed by atoms with Gasteiger partial charge in [0.1, 0.15) is 11.8 Å². The Morgan fingerprint density at radius 2 is 2.20 bits per heavy atom. The molecule has 0 aliphatic heterocycles. The van der Waals surface area contributed by atoms with E-state index in [1.54, 1.807) is 37.0 Å². The highest BCUT2D eigenvalue weighted by Gasteiger charge is 2.17. The maximum atomic E-state index is 11.7. The topological polar surface area (TPSA) is 64.3 Å². The summed E-state index contributed by atoms with van der Waals surface area (Å²) >= 11 is 0. The summed E-state index contributed by atoms with van der Waals surface area (Å²) in [5, 5.41) is 13.7. The van der Waals surface area contributed by atoms with Crippen molar-refractivity contribution in [2.75, 3.05) is 6.61 Å². The van der Waals surface area contributed by atoms with Gasteiger partial charge in [0.05, 0.1) is 12.8 Å². The van der Waals surface area contributed by atoms with E-state index in [-0.39, 0.29) is 11.7 Å². The Morgan fingerprint density at radius 3 is 2.85 bits per heavy atom. The second kappa shape index (κ2) is 5.77. The summed E-state index contributed by atoms with van der Waals surface area (Å²) < 4.78 is 6.55. The Kier molecular flexibility index (Phi) is 4.08. The predicted octanol–water partition coefficient (Wildman–Crippen LogP) is 2.69. The van der Waals surface area contributed by atoms with Gasteiger partial charge in [0.2, 0.25) is 0 Å². The van der Waals surface area contributed by atoms with Gasteiger partial charge in [-0.2, -0.15) is 5.10 Å². The zero-order chi connectivity index (χ0) is 14.7. The maximum Gasteiger partial charge on any atom is 0.330 e. The molecule has 1 aromatic heterocycles. The number of phenolic OH excluding ortho intramolecular Hbond substituents is 1. The Hall–Kier alpha value is -2.30. The van der Waals surface area contributed by atoms with Gasteiger partial charge >= 0.3 is 5.97 Å². The van der Waals surface area contributed by atoms with E-state index in [9.17, 15) is 9.90 Å². The van der Waals surface area contributed by atoms with E-state index in [1.165, 1.54) is 0 Å². The Bertz CT molecular complexity index is 619. The lowest BCUT2D eigenvalue weighted by Crippen LogP contribution is -2.19. The van der Waals surface area contributed by atoms with Crippen molar-refractivity contribution >= 4 is 5.97 Å². The first kappa shape index (κ1) is 14.1. The van der Waals surface area contributed by atoms with Gasteiger partial charge in [-0.05, 0) is 44.0 Å². The summed E-state index contributed by atoms with van der Waals surface area (Å²) in [6.45, 7) is 5.72. The van der Waals surface area contributed by atoms with E-state index in [2.05, 4.69) is 5.10 Å². The summed E-state index contributed by atoms with van der Waals surface area (Å²) in [5.41, 5.74) is 2.64. The lowest BCUT2D eigenvalue weighted by Gasteiger charge is -2.10. The number of carbonyl (C=O) groups is 1. The number of ether oxygens (including phenoxy) is 1. The fourth-order valence-electron chi connectivity index (χ4n) is 1.90. The van der Waals surface area contributed by atoms with Crippen LogP contribution in [0.3, 0.4) is 0 Å². The van der Waals surface area contributed by atoms with Crippen LogP contribution in [0.2, 0.25) is 0 Å². The van der Waals surface area contributed by atoms with Crippen LogP contribution < -0.4 is 0 Å². The number of carbonyl (C=O) groups excluding carboxylic acids is 1. The molecule has 1 heterocycles. The van der Waals surface area contributed by atoms with Crippen molar-refractivity contribution in [2.45, 2.75) is 26.8 Å². The minimum Gasteiger partial charge on any atom is -0.508 e. The van der Waals surface area contributed by atoms with Crippen LogP contribution in [-0.4, -0.2) is 27.5 Å². The highest BCUT2D eigenvalue weighted by molar-refractivity contribution is 5.74. The zero-order valence-corrected chi connectivity index (χ0v) is 11.8. The molecule has 1 N–H and O–H groups in total. The van der Waals surface area contributed by atoms with Crippen LogP contribution in [0.4, 0.5) is 0 Å². The van der Waals surface area contributed by atoms with Gasteiger partial charge in [-0.15, -0.1) is 0 Å². The number of aromatic hydroxyl groups is 1. The second-order valence-corrected chi connectivity index (χ2v) is 4.64. The summed E-state index contributed by atoms with van der Waals surface area (Å²) in [5.74, 6) is -0.0370. The first-order valence-corrected chi connectivity index (χ1v) is 6.53. The molecule has 0 amide bonds. The normalized spacial score (nSPS) is 12.2. The van der Waals surface area contributed by atoms with Crippen molar-refractivity contribution in [2.24, 2.45) is 0 Å². The van der Waals surface area contributed by atoms with Crippen molar-refractivity contribution < 1.29 is 14.6 Å². The summed E-state index contributed by atoms with van der Waals surface area (Å²) in [7, 11) is 0. The molecule has 1 unspecified atom stereocenters. The molecule has 5 nitrogen and oxygen atoms in total. The Balaban J connectivity index is 2.24. The largest absolute Gasteiger partial charge is 0.508 e. The molecule has 2 rings (SSSR count). The molecule has 0 aliphatic carbocycles. The molecule has 0 spiro atoms. The molecule has 0 radical (unpaired) electrons. The third-order valence-electron chi connectivity index (χ3n) is 3.16. The highest BCUT2D eigenvalue weighted by Crippen LogP contribution is 2.25. The number of nitrogens with zero attached hydrogens (tertiary/aromatic N) is 2. The average Bonchev–Trinajstić information content (AvgIpc) is 2.91. The van der Waals surface area contributed by atoms with Crippen molar-refractivity contribution in [3.05, 3.63) is 36.2 Å². The van der Waals surface area contributed by atoms with Crippen molar-refractivity contribution in [1.82, 2.24) is 9.78 Å². The molecule has 0 aliphatic rings. The van der Waals surface area contributed by atoms with Gasteiger partial charge in [0, 0.05) is 11.8 Å². The summed E-state index contributed by atoms with van der Waals surface area (Å²) in [4.78, 5) is 11.7. The third kappa shape index (κ3) is 2.82. The SMILES string of the molecule is CCOC(=O)C(C)n1cc(-c2ccc(O)c(C)c2)cn1. The van der Waals surface area contributed by atoms with Crippen LogP contribution in [0.25, 0.3) is 11.1 Å². The fourth-order valence-corrected chi connectivity index (χ4v) is 1.90. The van der Waals surface area contributed by atoms with Crippen LogP contribution in [-0.2, 0) is 9.53 Å². The van der Waals surface area contributed by atoms with E-state index < -0.39 is 6.04 Å². The van der Waals surface area contributed by atoms with Crippen molar-refractivity contribution in [3.63, 3.8) is 0 Å². The van der Waals surface area contributed by atoms with E-state index in [1.807, 2.05) is 19.1 Å². The first-order valence-electron chi connectivity index (χ1n) is 6.53. The van der Waals surface area contributed by atoms with Gasteiger partial charge in [0.25, 0.3) is 0 Å². The number of phenols is 1. The van der Waals surface area contributed by atoms with E-state index >= 15 is 0 Å². The minimum atomic E-state index is -0.457. The number of hydrogen-bond donors (Lipinski definition) is 1. The molecule has 1 aromatic carbocycles. The lowest BCUT2D eigenvalue weighted by atomic mass is 10.1. The molecule has 106 valence electrons. The summed E-state index contributed by atoms with van der Waals surface area (Å²) in [6, 6.07) is 4.89. The molecule has 0 bridgehead atoms. The van der Waals surface area contributed by atoms with Gasteiger partial charge < -0.3 is 9.84 Å². The van der Waals surface area contributed by atoms with Gasteiger partial charge in [0.15, 0.2) is 0 Å². The smallest absolute Gasteiger partial charge is 0.330 e. The molecule has 0 saturated carbocycles. The molecule has 20 heavy (non-hydrogen) atoms. The molecule has 2 aromatic rings. The fraction of sp³-hybridized carbons (Fsp3) is 0.333. The maximum absolute atomic E-state index is 11.7. The average molecular weight is 274 g/mol. The van der Waals surface area contributed by atoms with E-state index in [0.29, 0.717) is 6.61 Å². The third-order valence-corrected chi connectivity index (χ3v) is 3.16. The number of hydrogen-bond acceptors (Lipinski definition) is 4. The highest BCUT2D eigenvalue weighted by atomic mass is 16.5. The molecule has 0 saturated heterocycles. The molecule has 1 atom stereocenters. The molecular formula is C15H18N2O3. The number of esters is 1. The van der Waals surface area contributed by atoms with Gasteiger partial charge in [-0.3, -0.25) is 4.68 Å². The van der Waals surface area contributed by atoms with Crippen molar-refractivity contribution in [1.29, 1.82) is 0 Å². The quantitative estimate of drug-likeness (QED) is 0.871. The number of rotatable bonds is 4. The number of benzene rings is 1. The monoisotopic (exact) mass is 274 g/mol. The van der Waals surface area contributed by atoms with Crippen LogP contribution in [0.1, 0.15) is 25.5 Å². The first-order chi connectivity index (χ1) is 9.52. The number of aryl methyl sites for hydroxylation is 1.